The minimum Gasteiger partial charge on any atom is -0.395 e. The zero-order chi connectivity index (χ0) is 15.1. The fourth-order valence-electron chi connectivity index (χ4n) is 2.09. The van der Waals surface area contributed by atoms with Gasteiger partial charge in [0.15, 0.2) is 0 Å². The molecule has 1 aromatic rings. The van der Waals surface area contributed by atoms with Crippen LogP contribution in [0, 0.1) is 11.8 Å². The first-order chi connectivity index (χ1) is 10.2. The number of benzene rings is 1. The van der Waals surface area contributed by atoms with E-state index < -0.39 is 0 Å². The van der Waals surface area contributed by atoms with Crippen molar-refractivity contribution in [3.8, 4) is 11.8 Å². The zero-order valence-corrected chi connectivity index (χ0v) is 13.3. The van der Waals surface area contributed by atoms with Crippen molar-refractivity contribution in [3.63, 3.8) is 0 Å². The van der Waals surface area contributed by atoms with E-state index in [1.54, 1.807) is 18.2 Å². The fourth-order valence-corrected chi connectivity index (χ4v) is 3.51. The number of amides is 1. The lowest BCUT2D eigenvalue weighted by molar-refractivity contribution is 0.0953. The second kappa shape index (κ2) is 8.33. The molecule has 2 N–H and O–H groups in total. The van der Waals surface area contributed by atoms with Crippen molar-refractivity contribution in [1.29, 1.82) is 0 Å². The first-order valence-electron chi connectivity index (χ1n) is 7.00. The van der Waals surface area contributed by atoms with E-state index in [4.69, 9.17) is 16.7 Å². The third-order valence-electron chi connectivity index (χ3n) is 3.21. The van der Waals surface area contributed by atoms with Crippen LogP contribution in [0.2, 0.25) is 5.02 Å². The maximum Gasteiger partial charge on any atom is 0.251 e. The Morgan fingerprint density at radius 1 is 1.52 bits per heavy atom. The van der Waals surface area contributed by atoms with Crippen molar-refractivity contribution in [2.45, 2.75) is 24.5 Å². The van der Waals surface area contributed by atoms with Gasteiger partial charge in [-0.05, 0) is 36.8 Å². The van der Waals surface area contributed by atoms with E-state index in [-0.39, 0.29) is 12.5 Å². The molecule has 1 aliphatic rings. The molecule has 0 bridgehead atoms. The maximum absolute atomic E-state index is 12.1. The van der Waals surface area contributed by atoms with E-state index >= 15 is 0 Å². The molecule has 0 saturated carbocycles. The van der Waals surface area contributed by atoms with Crippen LogP contribution < -0.4 is 5.32 Å². The summed E-state index contributed by atoms with van der Waals surface area (Å²) >= 11 is 8.05. The summed E-state index contributed by atoms with van der Waals surface area (Å²) in [5.74, 6) is 6.79. The molecular formula is C16H18ClNO2S. The number of carbonyl (C=O) groups excluding carboxylic acids is 1. The van der Waals surface area contributed by atoms with Crippen LogP contribution in [0.1, 0.15) is 35.2 Å². The number of halogens is 1. The number of nitrogens with one attached hydrogen (secondary N) is 1. The first kappa shape index (κ1) is 16.2. The molecule has 1 heterocycles. The number of hydrogen-bond donors (Lipinski definition) is 2. The fraction of sp³-hybridized carbons (Fsp3) is 0.438. The number of rotatable bonds is 4. The molecule has 3 nitrogen and oxygen atoms in total. The topological polar surface area (TPSA) is 49.3 Å². The van der Waals surface area contributed by atoms with Gasteiger partial charge in [0.25, 0.3) is 5.91 Å². The largest absolute Gasteiger partial charge is 0.395 e. The van der Waals surface area contributed by atoms with Gasteiger partial charge in [-0.2, -0.15) is 11.8 Å². The number of carbonyl (C=O) groups is 1. The first-order valence-corrected chi connectivity index (χ1v) is 8.42. The average Bonchev–Trinajstić information content (AvgIpc) is 3.00. The number of thioether (sulfide) groups is 1. The third-order valence-corrected chi connectivity index (χ3v) is 4.92. The Balaban J connectivity index is 1.95. The maximum atomic E-state index is 12.1. The summed E-state index contributed by atoms with van der Waals surface area (Å²) in [4.78, 5) is 12.1. The lowest BCUT2D eigenvalue weighted by Crippen LogP contribution is -2.29. The van der Waals surface area contributed by atoms with Crippen molar-refractivity contribution in [2.75, 3.05) is 18.9 Å². The summed E-state index contributed by atoms with van der Waals surface area (Å²) < 4.78 is 0. The molecule has 1 amide bonds. The van der Waals surface area contributed by atoms with Crippen molar-refractivity contribution in [3.05, 3.63) is 34.3 Å². The average molecular weight is 324 g/mol. The van der Waals surface area contributed by atoms with Crippen LogP contribution in [0.25, 0.3) is 0 Å². The van der Waals surface area contributed by atoms with Crippen molar-refractivity contribution in [1.82, 2.24) is 5.32 Å². The van der Waals surface area contributed by atoms with Gasteiger partial charge in [0.1, 0.15) is 0 Å². The summed E-state index contributed by atoms with van der Waals surface area (Å²) in [6.45, 7) is 0.740. The molecule has 2 rings (SSSR count). The van der Waals surface area contributed by atoms with Gasteiger partial charge in [0.05, 0.1) is 11.6 Å². The van der Waals surface area contributed by atoms with Gasteiger partial charge in [0.2, 0.25) is 0 Å². The highest BCUT2D eigenvalue weighted by atomic mass is 35.5. The predicted octanol–water partition coefficient (Wildman–Crippen LogP) is 2.70. The van der Waals surface area contributed by atoms with Gasteiger partial charge >= 0.3 is 0 Å². The Hall–Kier alpha value is -1.15. The highest BCUT2D eigenvalue weighted by Gasteiger charge is 2.16. The summed E-state index contributed by atoms with van der Waals surface area (Å²) in [5, 5.41) is 12.6. The van der Waals surface area contributed by atoms with E-state index in [1.807, 2.05) is 11.8 Å². The Morgan fingerprint density at radius 3 is 3.05 bits per heavy atom. The molecular weight excluding hydrogens is 306 g/mol. The molecule has 21 heavy (non-hydrogen) atoms. The van der Waals surface area contributed by atoms with E-state index in [0.29, 0.717) is 34.4 Å². The quantitative estimate of drug-likeness (QED) is 0.838. The minimum atomic E-state index is -0.0979. The summed E-state index contributed by atoms with van der Waals surface area (Å²) in [6.07, 6.45) is 2.82. The van der Waals surface area contributed by atoms with Crippen LogP contribution in [0.4, 0.5) is 0 Å². The molecule has 0 radical (unpaired) electrons. The smallest absolute Gasteiger partial charge is 0.251 e. The van der Waals surface area contributed by atoms with E-state index in [1.165, 1.54) is 18.6 Å². The van der Waals surface area contributed by atoms with Crippen molar-refractivity contribution < 1.29 is 9.90 Å². The molecule has 112 valence electrons. The minimum absolute atomic E-state index is 0.0320. The SMILES string of the molecule is O=C(NCC1CCCS1)c1ccc(C#CCCO)c(Cl)c1. The van der Waals surface area contributed by atoms with Crippen LogP contribution in [0.5, 0.6) is 0 Å². The Labute approximate surface area is 134 Å². The van der Waals surface area contributed by atoms with Gasteiger partial charge in [-0.25, -0.2) is 0 Å². The zero-order valence-electron chi connectivity index (χ0n) is 11.7. The van der Waals surface area contributed by atoms with Gasteiger partial charge in [-0.1, -0.05) is 23.4 Å². The molecule has 1 aliphatic heterocycles. The number of hydrogen-bond acceptors (Lipinski definition) is 3. The van der Waals surface area contributed by atoms with Crippen LogP contribution in [0.3, 0.4) is 0 Å². The number of aliphatic hydroxyl groups is 1. The molecule has 0 spiro atoms. The molecule has 0 aromatic heterocycles. The molecule has 5 heteroatoms. The Kier molecular flexibility index (Phi) is 6.44. The standard InChI is InChI=1S/C16H18ClNO2S/c17-15-10-13(7-6-12(15)4-1-2-8-19)16(20)18-11-14-5-3-9-21-14/h6-7,10,14,19H,2-3,5,8-9,11H2,(H,18,20). The summed E-state index contributed by atoms with van der Waals surface area (Å²) in [5.41, 5.74) is 1.23. The van der Waals surface area contributed by atoms with Gasteiger partial charge in [-0.3, -0.25) is 4.79 Å². The molecule has 1 fully saturated rings. The normalized spacial score (nSPS) is 17.1. The molecule has 1 atom stereocenters. The Morgan fingerprint density at radius 2 is 2.38 bits per heavy atom. The summed E-state index contributed by atoms with van der Waals surface area (Å²) in [6, 6.07) is 5.11. The number of aliphatic hydroxyl groups excluding tert-OH is 1. The van der Waals surface area contributed by atoms with Crippen LogP contribution in [-0.4, -0.2) is 35.2 Å². The van der Waals surface area contributed by atoms with Gasteiger partial charge < -0.3 is 10.4 Å². The molecule has 1 saturated heterocycles. The monoisotopic (exact) mass is 323 g/mol. The van der Waals surface area contributed by atoms with Gasteiger partial charge in [0, 0.05) is 29.3 Å². The van der Waals surface area contributed by atoms with Gasteiger partial charge in [-0.15, -0.1) is 0 Å². The van der Waals surface area contributed by atoms with E-state index in [2.05, 4.69) is 17.2 Å². The lowest BCUT2D eigenvalue weighted by atomic mass is 10.1. The highest BCUT2D eigenvalue weighted by molar-refractivity contribution is 8.00. The molecule has 0 aliphatic carbocycles. The van der Waals surface area contributed by atoms with Crippen LogP contribution in [-0.2, 0) is 0 Å². The lowest BCUT2D eigenvalue weighted by Gasteiger charge is -2.10. The molecule has 1 aromatic carbocycles. The summed E-state index contributed by atoms with van der Waals surface area (Å²) in [7, 11) is 0. The van der Waals surface area contributed by atoms with Crippen molar-refractivity contribution in [2.24, 2.45) is 0 Å². The third kappa shape index (κ3) is 4.96. The second-order valence-electron chi connectivity index (χ2n) is 4.82. The van der Waals surface area contributed by atoms with Crippen LogP contribution in [0.15, 0.2) is 18.2 Å². The predicted molar refractivity (Wildman–Crippen MR) is 87.8 cm³/mol. The van der Waals surface area contributed by atoms with E-state index in [9.17, 15) is 4.79 Å². The second-order valence-corrected chi connectivity index (χ2v) is 6.63. The van der Waals surface area contributed by atoms with E-state index in [0.717, 1.165) is 0 Å². The van der Waals surface area contributed by atoms with Crippen LogP contribution >= 0.6 is 23.4 Å². The molecule has 1 unspecified atom stereocenters. The highest BCUT2D eigenvalue weighted by Crippen LogP contribution is 2.25. The Bertz CT molecular complexity index is 559. The van der Waals surface area contributed by atoms with Crippen molar-refractivity contribution >= 4 is 29.3 Å².